The molecule has 1 aromatic heterocycles. The van der Waals surface area contributed by atoms with Gasteiger partial charge in [0.05, 0.1) is 28.3 Å². The molecule has 2 heterocycles. The predicted molar refractivity (Wildman–Crippen MR) is 162 cm³/mol. The number of amidine groups is 1. The van der Waals surface area contributed by atoms with Crippen LogP contribution < -0.4 is 16.0 Å². The number of rotatable bonds is 10. The fourth-order valence-electron chi connectivity index (χ4n) is 4.44. The van der Waals surface area contributed by atoms with Crippen molar-refractivity contribution in [3.05, 3.63) is 85.4 Å². The number of carboxylic acids is 1. The topological polar surface area (TPSA) is 150 Å². The van der Waals surface area contributed by atoms with E-state index in [-0.39, 0.29) is 49.9 Å². The van der Waals surface area contributed by atoms with Crippen molar-refractivity contribution in [3.63, 3.8) is 0 Å². The first-order valence-corrected chi connectivity index (χ1v) is 14.9. The number of aliphatic carboxylic acids is 1. The van der Waals surface area contributed by atoms with Gasteiger partial charge in [-0.1, -0.05) is 41.6 Å². The lowest BCUT2D eigenvalue weighted by atomic mass is 10.1. The number of alkyl halides is 3. The second kappa shape index (κ2) is 14.0. The highest BCUT2D eigenvalue weighted by molar-refractivity contribution is 8.15. The maximum absolute atomic E-state index is 15.1. The molecule has 0 radical (unpaired) electrons. The van der Waals surface area contributed by atoms with Gasteiger partial charge in [-0.25, -0.2) is 23.5 Å². The van der Waals surface area contributed by atoms with Crippen LogP contribution in [0.1, 0.15) is 25.1 Å². The molecule has 0 aliphatic carbocycles. The predicted octanol–water partition coefficient (Wildman–Crippen LogP) is 3.94. The van der Waals surface area contributed by atoms with E-state index in [1.807, 2.05) is 0 Å². The molecule has 250 valence electrons. The van der Waals surface area contributed by atoms with Crippen LogP contribution in [0.5, 0.6) is 5.75 Å². The maximum atomic E-state index is 15.1. The molecule has 1 amide bonds. The number of ether oxygens (including phenoxy) is 2. The van der Waals surface area contributed by atoms with Crippen LogP contribution in [-0.2, 0) is 38.8 Å². The number of hydrogen-bond acceptors (Lipinski definition) is 9. The third-order valence-corrected chi connectivity index (χ3v) is 8.20. The molecule has 1 aliphatic heterocycles. The van der Waals surface area contributed by atoms with Gasteiger partial charge in [-0.15, -0.1) is 0 Å². The number of halogens is 5. The molecule has 1 aliphatic rings. The van der Waals surface area contributed by atoms with Crippen molar-refractivity contribution >= 4 is 52.1 Å². The van der Waals surface area contributed by atoms with Crippen LogP contribution in [0, 0.1) is 5.82 Å². The Morgan fingerprint density at radius 3 is 2.47 bits per heavy atom. The van der Waals surface area contributed by atoms with Crippen LogP contribution in [0.4, 0.5) is 23.2 Å². The Bertz CT molecular complexity index is 1900. The smallest absolute Gasteiger partial charge is 0.431 e. The van der Waals surface area contributed by atoms with Gasteiger partial charge in [0.2, 0.25) is 5.91 Å². The first kappa shape index (κ1) is 35.2. The minimum atomic E-state index is -5.05. The van der Waals surface area contributed by atoms with Gasteiger partial charge >= 0.3 is 23.8 Å². The average Bonchev–Trinajstić information content (AvgIpc) is 3.26. The van der Waals surface area contributed by atoms with Crippen LogP contribution in [0.25, 0.3) is 5.69 Å². The summed E-state index contributed by atoms with van der Waals surface area (Å²) >= 11 is 7.10. The summed E-state index contributed by atoms with van der Waals surface area (Å²) in [5, 5.41) is 7.85. The van der Waals surface area contributed by atoms with E-state index in [0.29, 0.717) is 11.6 Å². The Hall–Kier alpha value is -4.64. The van der Waals surface area contributed by atoms with Crippen molar-refractivity contribution in [2.75, 3.05) is 13.2 Å². The van der Waals surface area contributed by atoms with Crippen molar-refractivity contribution in [2.45, 2.75) is 37.8 Å². The molecule has 0 bridgehead atoms. The molecule has 18 heteroatoms. The van der Waals surface area contributed by atoms with Crippen LogP contribution in [0.2, 0.25) is 5.02 Å². The van der Waals surface area contributed by atoms with Crippen molar-refractivity contribution in [1.29, 1.82) is 0 Å². The molecule has 2 atom stereocenters. The molecular formula is C29H25ClF4N4O8S. The standard InChI is InChI=1S/C29H25ClF4N4O8S/c1-4-45-24(40)13-37-25(41)21(9-15-7-5-6-8-20(15)46-14(2)26(42)43)47-27(37)35-18-11-19(17(31)10-16(18)30)38-23(39)12-22(29(32,33)34)36(3)28(38)44/h5-8,10-12,14,21H,4,9,13H2,1-3H3,(H,42,43). The Balaban J connectivity index is 1.78. The number of thioether (sulfide) groups is 1. The summed E-state index contributed by atoms with van der Waals surface area (Å²) in [5.41, 5.74) is -5.13. The summed E-state index contributed by atoms with van der Waals surface area (Å²) in [5.74, 6) is -3.64. The Morgan fingerprint density at radius 2 is 1.83 bits per heavy atom. The third kappa shape index (κ3) is 7.68. The number of amides is 1. The molecular weight excluding hydrogens is 676 g/mol. The number of aliphatic imine (C=N–C) groups is 1. The molecule has 4 rings (SSSR count). The van der Waals surface area contributed by atoms with E-state index in [1.165, 1.54) is 13.0 Å². The largest absolute Gasteiger partial charge is 0.479 e. The highest BCUT2D eigenvalue weighted by Crippen LogP contribution is 2.37. The van der Waals surface area contributed by atoms with Gasteiger partial charge in [-0.3, -0.25) is 23.9 Å². The first-order valence-electron chi connectivity index (χ1n) is 13.6. The van der Waals surface area contributed by atoms with Gasteiger partial charge in [0, 0.05) is 13.1 Å². The van der Waals surface area contributed by atoms with Crippen LogP contribution >= 0.6 is 23.4 Å². The highest BCUT2D eigenvalue weighted by Gasteiger charge is 2.40. The van der Waals surface area contributed by atoms with Crippen LogP contribution in [0.3, 0.4) is 0 Å². The van der Waals surface area contributed by atoms with Gasteiger partial charge in [-0.2, -0.15) is 13.2 Å². The zero-order chi connectivity index (χ0) is 34.8. The molecule has 1 fully saturated rings. The lowest BCUT2D eigenvalue weighted by Crippen LogP contribution is -2.41. The third-order valence-electron chi connectivity index (χ3n) is 6.73. The SMILES string of the molecule is CCOC(=O)CN1C(=O)C(Cc2ccccc2OC(C)C(=O)O)SC1=Nc1cc(-n2c(=O)cc(C(F)(F)F)n(C)c2=O)c(F)cc1Cl. The van der Waals surface area contributed by atoms with Crippen molar-refractivity contribution in [1.82, 2.24) is 14.0 Å². The van der Waals surface area contributed by atoms with Gasteiger partial charge in [0.15, 0.2) is 11.3 Å². The molecule has 12 nitrogen and oxygen atoms in total. The van der Waals surface area contributed by atoms with E-state index in [2.05, 4.69) is 4.99 Å². The number of carbonyl (C=O) groups excluding carboxylic acids is 2. The summed E-state index contributed by atoms with van der Waals surface area (Å²) in [6, 6.07) is 8.07. The van der Waals surface area contributed by atoms with Crippen molar-refractivity contribution in [3.8, 4) is 11.4 Å². The number of aromatic nitrogens is 2. The Kier molecular flexibility index (Phi) is 10.5. The number of benzene rings is 2. The minimum absolute atomic E-state index is 0.000372. The number of carbonyl (C=O) groups is 3. The molecule has 1 N–H and O–H groups in total. The van der Waals surface area contributed by atoms with E-state index in [0.717, 1.165) is 29.8 Å². The normalized spacial score (nSPS) is 16.4. The molecule has 0 saturated carbocycles. The van der Waals surface area contributed by atoms with Crippen molar-refractivity contribution < 1.29 is 46.5 Å². The molecule has 0 spiro atoms. The zero-order valence-electron chi connectivity index (χ0n) is 24.7. The van der Waals surface area contributed by atoms with Gasteiger partial charge in [-0.05, 0) is 44.0 Å². The molecule has 1 saturated heterocycles. The van der Waals surface area contributed by atoms with E-state index in [4.69, 9.17) is 21.1 Å². The molecule has 3 aromatic rings. The van der Waals surface area contributed by atoms with Crippen LogP contribution in [-0.4, -0.2) is 66.7 Å². The van der Waals surface area contributed by atoms with Crippen LogP contribution in [0.15, 0.2) is 57.0 Å². The highest BCUT2D eigenvalue weighted by atomic mass is 35.5. The fourth-order valence-corrected chi connectivity index (χ4v) is 5.81. The van der Waals surface area contributed by atoms with E-state index in [9.17, 15) is 42.3 Å². The molecule has 2 aromatic carbocycles. The summed E-state index contributed by atoms with van der Waals surface area (Å²) in [6.07, 6.45) is -6.26. The number of para-hydroxylation sites is 1. The lowest BCUT2D eigenvalue weighted by Gasteiger charge is -2.17. The maximum Gasteiger partial charge on any atom is 0.431 e. The fraction of sp³-hybridized carbons (Fsp3) is 0.310. The number of hydrogen-bond donors (Lipinski definition) is 1. The molecule has 47 heavy (non-hydrogen) atoms. The second-order valence-corrected chi connectivity index (χ2v) is 11.5. The average molecular weight is 701 g/mol. The minimum Gasteiger partial charge on any atom is -0.479 e. The Morgan fingerprint density at radius 1 is 1.15 bits per heavy atom. The Labute approximate surface area is 272 Å². The second-order valence-electron chi connectivity index (χ2n) is 9.94. The number of esters is 1. The lowest BCUT2D eigenvalue weighted by molar-refractivity contribution is -0.146. The monoisotopic (exact) mass is 700 g/mol. The summed E-state index contributed by atoms with van der Waals surface area (Å²) in [6.45, 7) is 2.29. The van der Waals surface area contributed by atoms with Gasteiger partial charge in [0.25, 0.3) is 5.56 Å². The molecule has 2 unspecified atom stereocenters. The van der Waals surface area contributed by atoms with E-state index < -0.39 is 70.4 Å². The first-order chi connectivity index (χ1) is 22.0. The van der Waals surface area contributed by atoms with Crippen molar-refractivity contribution in [2.24, 2.45) is 12.0 Å². The summed E-state index contributed by atoms with van der Waals surface area (Å²) in [4.78, 5) is 68.1. The summed E-state index contributed by atoms with van der Waals surface area (Å²) in [7, 11) is 0.760. The van der Waals surface area contributed by atoms with E-state index in [1.54, 1.807) is 25.1 Å². The number of carboxylic acid groups (broad SMARTS) is 1. The zero-order valence-corrected chi connectivity index (χ0v) is 26.3. The quantitative estimate of drug-likeness (QED) is 0.245. The van der Waals surface area contributed by atoms with Gasteiger partial charge in [0.1, 0.15) is 23.8 Å². The van der Waals surface area contributed by atoms with Gasteiger partial charge < -0.3 is 14.6 Å². The summed E-state index contributed by atoms with van der Waals surface area (Å²) < 4.78 is 65.9. The number of nitrogens with zero attached hydrogens (tertiary/aromatic N) is 4. The van der Waals surface area contributed by atoms with E-state index >= 15 is 4.39 Å².